The van der Waals surface area contributed by atoms with E-state index < -0.39 is 0 Å². The summed E-state index contributed by atoms with van der Waals surface area (Å²) in [6.07, 6.45) is 1.33. The summed E-state index contributed by atoms with van der Waals surface area (Å²) in [4.78, 5) is 17.6. The van der Waals surface area contributed by atoms with Gasteiger partial charge in [-0.2, -0.15) is 4.98 Å². The third kappa shape index (κ3) is 1.49. The number of ether oxygens (including phenoxy) is 1. The first-order valence-corrected chi connectivity index (χ1v) is 2.99. The smallest absolute Gasteiger partial charge is 0.316 e. The van der Waals surface area contributed by atoms with Crippen LogP contribution in [0.25, 0.3) is 0 Å². The Morgan fingerprint density at radius 2 is 2.36 bits per heavy atom. The molecule has 0 saturated heterocycles. The Balaban J connectivity index is 3.09. The second kappa shape index (κ2) is 3.05. The molecule has 0 aromatic carbocycles. The fraction of sp³-hybridized carbons (Fsp3) is 0.333. The van der Waals surface area contributed by atoms with Gasteiger partial charge in [0.05, 0.1) is 19.0 Å². The van der Waals surface area contributed by atoms with E-state index in [4.69, 9.17) is 4.74 Å². The lowest BCUT2D eigenvalue weighted by Crippen LogP contribution is -1.92. The zero-order valence-corrected chi connectivity index (χ0v) is 6.24. The number of methoxy groups -OCH3 is 1. The quantitative estimate of drug-likeness (QED) is 0.598. The Hall–Kier alpha value is -1.52. The van der Waals surface area contributed by atoms with Gasteiger partial charge in [0.1, 0.15) is 5.69 Å². The second-order valence-corrected chi connectivity index (χ2v) is 1.92. The molecular weight excluding hydrogens is 146 g/mol. The molecule has 0 fully saturated rings. The molecule has 0 radical (unpaired) electrons. The number of nitrogens with zero attached hydrogens (tertiary/aromatic N) is 3. The lowest BCUT2D eigenvalue weighted by atomic mass is 10.4. The molecule has 0 atom stereocenters. The maximum Gasteiger partial charge on any atom is 0.316 e. The van der Waals surface area contributed by atoms with E-state index in [9.17, 15) is 4.91 Å². The van der Waals surface area contributed by atoms with Gasteiger partial charge < -0.3 is 4.74 Å². The molecule has 0 aliphatic carbocycles. The summed E-state index contributed by atoms with van der Waals surface area (Å²) in [6, 6.07) is 0.245. The van der Waals surface area contributed by atoms with Crippen molar-refractivity contribution < 1.29 is 4.74 Å². The van der Waals surface area contributed by atoms with Crippen molar-refractivity contribution in [1.29, 1.82) is 0 Å². The predicted molar refractivity (Wildman–Crippen MR) is 38.8 cm³/mol. The molecule has 0 aliphatic heterocycles. The fourth-order valence-corrected chi connectivity index (χ4v) is 0.627. The van der Waals surface area contributed by atoms with Crippen molar-refractivity contribution in [3.8, 4) is 6.01 Å². The van der Waals surface area contributed by atoms with Gasteiger partial charge in [-0.15, -0.1) is 4.91 Å². The molecule has 0 bridgehead atoms. The van der Waals surface area contributed by atoms with E-state index >= 15 is 0 Å². The van der Waals surface area contributed by atoms with Gasteiger partial charge in [0, 0.05) is 0 Å². The normalized spacial score (nSPS) is 9.27. The Morgan fingerprint density at radius 3 is 2.82 bits per heavy atom. The van der Waals surface area contributed by atoms with E-state index in [2.05, 4.69) is 15.1 Å². The van der Waals surface area contributed by atoms with E-state index in [0.717, 1.165) is 0 Å². The van der Waals surface area contributed by atoms with E-state index in [0.29, 0.717) is 5.69 Å². The summed E-state index contributed by atoms with van der Waals surface area (Å²) in [5, 5.41) is 2.71. The molecule has 0 spiro atoms. The van der Waals surface area contributed by atoms with Crippen LogP contribution < -0.4 is 4.74 Å². The van der Waals surface area contributed by atoms with Crippen molar-refractivity contribution >= 4 is 5.69 Å². The molecule has 1 rings (SSSR count). The molecule has 1 aromatic heterocycles. The third-order valence-electron chi connectivity index (χ3n) is 1.21. The second-order valence-electron chi connectivity index (χ2n) is 1.92. The van der Waals surface area contributed by atoms with Gasteiger partial charge in [-0.25, -0.2) is 4.98 Å². The van der Waals surface area contributed by atoms with E-state index in [-0.39, 0.29) is 11.7 Å². The summed E-state index contributed by atoms with van der Waals surface area (Å²) in [5.74, 6) is 0. The van der Waals surface area contributed by atoms with E-state index in [1.165, 1.54) is 13.3 Å². The van der Waals surface area contributed by atoms with Gasteiger partial charge in [0.2, 0.25) is 0 Å². The first-order valence-electron chi connectivity index (χ1n) is 2.99. The first kappa shape index (κ1) is 7.59. The van der Waals surface area contributed by atoms with Gasteiger partial charge in [-0.3, -0.25) is 0 Å². The van der Waals surface area contributed by atoms with Crippen molar-refractivity contribution in [3.05, 3.63) is 16.8 Å². The Bertz CT molecular complexity index is 275. The van der Waals surface area contributed by atoms with Crippen LogP contribution in [0.1, 0.15) is 5.69 Å². The Kier molecular flexibility index (Phi) is 2.10. The number of aromatic nitrogens is 2. The molecular formula is C6H7N3O2. The number of aryl methyl sites for hydroxylation is 1. The highest BCUT2D eigenvalue weighted by Gasteiger charge is 2.01. The number of rotatable bonds is 2. The molecule has 0 aliphatic rings. The van der Waals surface area contributed by atoms with Gasteiger partial charge >= 0.3 is 6.01 Å². The highest BCUT2D eigenvalue weighted by atomic mass is 16.5. The Labute approximate surface area is 63.4 Å². The predicted octanol–water partition coefficient (Wildman–Crippen LogP) is 1.19. The summed E-state index contributed by atoms with van der Waals surface area (Å²) >= 11 is 0. The zero-order chi connectivity index (χ0) is 8.27. The van der Waals surface area contributed by atoms with Crippen molar-refractivity contribution in [1.82, 2.24) is 9.97 Å². The van der Waals surface area contributed by atoms with Crippen LogP contribution in [0.2, 0.25) is 0 Å². The topological polar surface area (TPSA) is 64.4 Å². The van der Waals surface area contributed by atoms with Crippen LogP contribution in [-0.4, -0.2) is 17.1 Å². The van der Waals surface area contributed by atoms with Gasteiger partial charge in [0.25, 0.3) is 0 Å². The minimum Gasteiger partial charge on any atom is -0.467 e. The Morgan fingerprint density at radius 1 is 1.64 bits per heavy atom. The highest BCUT2D eigenvalue weighted by molar-refractivity contribution is 5.38. The first-order chi connectivity index (χ1) is 5.27. The van der Waals surface area contributed by atoms with Crippen molar-refractivity contribution in [3.63, 3.8) is 0 Å². The van der Waals surface area contributed by atoms with E-state index in [1.807, 2.05) is 0 Å². The van der Waals surface area contributed by atoms with Crippen molar-refractivity contribution in [2.45, 2.75) is 6.92 Å². The van der Waals surface area contributed by atoms with Crippen molar-refractivity contribution in [2.24, 2.45) is 5.18 Å². The molecule has 11 heavy (non-hydrogen) atoms. The minimum atomic E-state index is 0.241. The monoisotopic (exact) mass is 153 g/mol. The maximum atomic E-state index is 10.1. The summed E-state index contributed by atoms with van der Waals surface area (Å²) in [5.41, 5.74) is 0.762. The summed E-state index contributed by atoms with van der Waals surface area (Å²) < 4.78 is 4.73. The molecule has 1 heterocycles. The van der Waals surface area contributed by atoms with Gasteiger partial charge in [0.15, 0.2) is 0 Å². The van der Waals surface area contributed by atoms with Crippen LogP contribution in [0.15, 0.2) is 11.4 Å². The lowest BCUT2D eigenvalue weighted by molar-refractivity contribution is 0.379. The zero-order valence-electron chi connectivity index (χ0n) is 6.24. The average molecular weight is 153 g/mol. The van der Waals surface area contributed by atoms with Crippen LogP contribution in [0.3, 0.4) is 0 Å². The van der Waals surface area contributed by atoms with E-state index in [1.54, 1.807) is 6.92 Å². The SMILES string of the molecule is COc1ncc(N=O)c(C)n1. The van der Waals surface area contributed by atoms with Gasteiger partial charge in [-0.05, 0) is 12.1 Å². The molecule has 58 valence electrons. The maximum absolute atomic E-state index is 10.1. The molecule has 1 aromatic rings. The molecule has 0 amide bonds. The van der Waals surface area contributed by atoms with Crippen LogP contribution in [0, 0.1) is 11.8 Å². The van der Waals surface area contributed by atoms with Crippen LogP contribution in [0.5, 0.6) is 6.01 Å². The summed E-state index contributed by atoms with van der Waals surface area (Å²) in [7, 11) is 1.46. The van der Waals surface area contributed by atoms with Crippen molar-refractivity contribution in [2.75, 3.05) is 7.11 Å². The molecule has 0 saturated carbocycles. The molecule has 5 heteroatoms. The molecule has 0 unspecified atom stereocenters. The summed E-state index contributed by atoms with van der Waals surface area (Å²) in [6.45, 7) is 1.67. The molecule has 0 N–H and O–H groups in total. The largest absolute Gasteiger partial charge is 0.467 e. The standard InChI is InChI=1S/C6H7N3O2/c1-4-5(9-10)3-7-6(8-4)11-2/h3H,1-2H3. The lowest BCUT2D eigenvalue weighted by Gasteiger charge is -1.98. The average Bonchev–Trinajstić information content (AvgIpc) is 2.04. The number of hydrogen-bond donors (Lipinski definition) is 0. The highest BCUT2D eigenvalue weighted by Crippen LogP contribution is 2.15. The fourth-order valence-electron chi connectivity index (χ4n) is 0.627. The molecule has 5 nitrogen and oxygen atoms in total. The minimum absolute atomic E-state index is 0.241. The van der Waals surface area contributed by atoms with Crippen LogP contribution in [0.4, 0.5) is 5.69 Å². The third-order valence-corrected chi connectivity index (χ3v) is 1.21. The number of nitroso groups, excluding NO2 is 1. The van der Waals surface area contributed by atoms with Gasteiger partial charge in [-0.1, -0.05) is 0 Å². The number of hydrogen-bond acceptors (Lipinski definition) is 5. The van der Waals surface area contributed by atoms with Crippen LogP contribution in [-0.2, 0) is 0 Å². The van der Waals surface area contributed by atoms with Crippen LogP contribution >= 0.6 is 0 Å².